The van der Waals surface area contributed by atoms with Crippen LogP contribution in [0.4, 0.5) is 0 Å². The fraction of sp³-hybridized carbons (Fsp3) is 0.300. The quantitative estimate of drug-likeness (QED) is 0.405. The van der Waals surface area contributed by atoms with Crippen molar-refractivity contribution in [2.75, 3.05) is 0 Å². The summed E-state index contributed by atoms with van der Waals surface area (Å²) in [6.45, 7) is 3.98. The van der Waals surface area contributed by atoms with Crippen LogP contribution in [0.2, 0.25) is 0 Å². The average Bonchev–Trinajstić information content (AvgIpc) is 2.10. The monoisotopic (exact) mass is 163 g/mol. The Balaban J connectivity index is 3.10. The topological polar surface area (TPSA) is 32.6 Å². The molecular formula is C10H13NO. The zero-order valence-corrected chi connectivity index (χ0v) is 7.41. The first-order valence-electron chi connectivity index (χ1n) is 4.06. The van der Waals surface area contributed by atoms with Crippen LogP contribution in [-0.2, 0) is 0 Å². The van der Waals surface area contributed by atoms with Crippen molar-refractivity contribution in [2.45, 2.75) is 20.3 Å². The first-order chi connectivity index (χ1) is 5.79. The van der Waals surface area contributed by atoms with E-state index < -0.39 is 0 Å². The standard InChI is InChI=1S/C10H13NO/c1-3-10(11-12)9-7-5-4-6-8(9)2/h4-7,12H,3H2,1-2H3. The molecule has 12 heavy (non-hydrogen) atoms. The Morgan fingerprint density at radius 2 is 2.08 bits per heavy atom. The van der Waals surface area contributed by atoms with E-state index in [9.17, 15) is 0 Å². The molecule has 0 spiro atoms. The number of hydrogen-bond donors (Lipinski definition) is 1. The molecular weight excluding hydrogens is 150 g/mol. The molecule has 0 saturated heterocycles. The minimum atomic E-state index is 0.744. The Bertz CT molecular complexity index is 292. The second kappa shape index (κ2) is 3.90. The van der Waals surface area contributed by atoms with Crippen molar-refractivity contribution < 1.29 is 5.21 Å². The van der Waals surface area contributed by atoms with Crippen molar-refractivity contribution in [1.82, 2.24) is 0 Å². The largest absolute Gasteiger partial charge is 0.411 e. The summed E-state index contributed by atoms with van der Waals surface area (Å²) in [7, 11) is 0. The summed E-state index contributed by atoms with van der Waals surface area (Å²) in [5, 5.41) is 11.9. The summed E-state index contributed by atoms with van der Waals surface area (Å²) in [6.07, 6.45) is 0.751. The van der Waals surface area contributed by atoms with Gasteiger partial charge in [-0.3, -0.25) is 0 Å². The summed E-state index contributed by atoms with van der Waals surface area (Å²) in [4.78, 5) is 0. The lowest BCUT2D eigenvalue weighted by Gasteiger charge is -2.04. The van der Waals surface area contributed by atoms with E-state index in [2.05, 4.69) is 5.16 Å². The van der Waals surface area contributed by atoms with Crippen LogP contribution >= 0.6 is 0 Å². The van der Waals surface area contributed by atoms with Crippen molar-refractivity contribution in [3.63, 3.8) is 0 Å². The predicted octanol–water partition coefficient (Wildman–Crippen LogP) is 2.58. The number of oxime groups is 1. The normalized spacial score (nSPS) is 11.7. The summed E-state index contributed by atoms with van der Waals surface area (Å²) in [5.74, 6) is 0. The highest BCUT2D eigenvalue weighted by Gasteiger charge is 2.03. The van der Waals surface area contributed by atoms with Gasteiger partial charge in [-0.05, 0) is 18.9 Å². The van der Waals surface area contributed by atoms with Gasteiger partial charge in [0.15, 0.2) is 0 Å². The van der Waals surface area contributed by atoms with E-state index in [1.807, 2.05) is 38.1 Å². The van der Waals surface area contributed by atoms with Crippen LogP contribution in [0, 0.1) is 6.92 Å². The van der Waals surface area contributed by atoms with E-state index in [-0.39, 0.29) is 0 Å². The van der Waals surface area contributed by atoms with Gasteiger partial charge in [0.1, 0.15) is 0 Å². The van der Waals surface area contributed by atoms with Gasteiger partial charge in [0.05, 0.1) is 5.71 Å². The fourth-order valence-electron chi connectivity index (χ4n) is 1.21. The molecule has 1 aromatic carbocycles. The zero-order chi connectivity index (χ0) is 8.97. The molecule has 1 rings (SSSR count). The van der Waals surface area contributed by atoms with E-state index in [4.69, 9.17) is 5.21 Å². The molecule has 64 valence electrons. The maximum atomic E-state index is 8.69. The second-order valence-corrected chi connectivity index (χ2v) is 2.72. The van der Waals surface area contributed by atoms with E-state index >= 15 is 0 Å². The van der Waals surface area contributed by atoms with Gasteiger partial charge < -0.3 is 5.21 Å². The Hall–Kier alpha value is -1.31. The SMILES string of the molecule is CCC(=NO)c1ccccc1C. The maximum Gasteiger partial charge on any atom is 0.0867 e. The Morgan fingerprint density at radius 3 is 2.58 bits per heavy atom. The molecule has 0 saturated carbocycles. The highest BCUT2D eigenvalue weighted by Crippen LogP contribution is 2.09. The van der Waals surface area contributed by atoms with Crippen molar-refractivity contribution >= 4 is 5.71 Å². The highest BCUT2D eigenvalue weighted by atomic mass is 16.4. The molecule has 2 nitrogen and oxygen atoms in total. The maximum absolute atomic E-state index is 8.69. The molecule has 0 radical (unpaired) electrons. The van der Waals surface area contributed by atoms with Gasteiger partial charge in [-0.1, -0.05) is 36.3 Å². The van der Waals surface area contributed by atoms with Gasteiger partial charge in [-0.25, -0.2) is 0 Å². The van der Waals surface area contributed by atoms with Gasteiger partial charge in [0.25, 0.3) is 0 Å². The Kier molecular flexibility index (Phi) is 2.86. The minimum absolute atomic E-state index is 0.744. The predicted molar refractivity (Wildman–Crippen MR) is 49.8 cm³/mol. The second-order valence-electron chi connectivity index (χ2n) is 2.72. The first kappa shape index (κ1) is 8.78. The van der Waals surface area contributed by atoms with Gasteiger partial charge in [0.2, 0.25) is 0 Å². The minimum Gasteiger partial charge on any atom is -0.411 e. The van der Waals surface area contributed by atoms with Gasteiger partial charge in [-0.2, -0.15) is 0 Å². The Labute approximate surface area is 72.5 Å². The van der Waals surface area contributed by atoms with Crippen LogP contribution in [0.1, 0.15) is 24.5 Å². The lowest BCUT2D eigenvalue weighted by Crippen LogP contribution is -2.00. The third-order valence-corrected chi connectivity index (χ3v) is 1.91. The number of hydrogen-bond acceptors (Lipinski definition) is 2. The van der Waals surface area contributed by atoms with E-state index in [1.165, 1.54) is 0 Å². The number of aryl methyl sites for hydroxylation is 1. The summed E-state index contributed by atoms with van der Waals surface area (Å²) in [6, 6.07) is 7.90. The van der Waals surface area contributed by atoms with Crippen molar-refractivity contribution in [3.05, 3.63) is 35.4 Å². The molecule has 0 aromatic heterocycles. The zero-order valence-electron chi connectivity index (χ0n) is 7.41. The molecule has 1 N–H and O–H groups in total. The van der Waals surface area contributed by atoms with Crippen LogP contribution < -0.4 is 0 Å². The van der Waals surface area contributed by atoms with Crippen molar-refractivity contribution in [3.8, 4) is 0 Å². The fourth-order valence-corrected chi connectivity index (χ4v) is 1.21. The first-order valence-corrected chi connectivity index (χ1v) is 4.06. The highest BCUT2D eigenvalue weighted by molar-refractivity contribution is 6.01. The summed E-state index contributed by atoms with van der Waals surface area (Å²) < 4.78 is 0. The van der Waals surface area contributed by atoms with Crippen molar-refractivity contribution in [2.24, 2.45) is 5.16 Å². The van der Waals surface area contributed by atoms with E-state index in [0.717, 1.165) is 23.3 Å². The molecule has 2 heteroatoms. The summed E-state index contributed by atoms with van der Waals surface area (Å²) in [5.41, 5.74) is 2.92. The lowest BCUT2D eigenvalue weighted by atomic mass is 10.0. The van der Waals surface area contributed by atoms with E-state index in [0.29, 0.717) is 0 Å². The third-order valence-electron chi connectivity index (χ3n) is 1.91. The molecule has 0 unspecified atom stereocenters. The van der Waals surface area contributed by atoms with Gasteiger partial charge >= 0.3 is 0 Å². The number of benzene rings is 1. The van der Waals surface area contributed by atoms with Crippen LogP contribution in [0.3, 0.4) is 0 Å². The molecule has 0 fully saturated rings. The van der Waals surface area contributed by atoms with Crippen molar-refractivity contribution in [1.29, 1.82) is 0 Å². The molecule has 0 atom stereocenters. The van der Waals surface area contributed by atoms with Crippen LogP contribution in [-0.4, -0.2) is 10.9 Å². The van der Waals surface area contributed by atoms with Gasteiger partial charge in [0, 0.05) is 5.56 Å². The number of rotatable bonds is 2. The molecule has 0 amide bonds. The number of nitrogens with zero attached hydrogens (tertiary/aromatic N) is 1. The van der Waals surface area contributed by atoms with Crippen LogP contribution in [0.25, 0.3) is 0 Å². The Morgan fingerprint density at radius 1 is 1.42 bits per heavy atom. The van der Waals surface area contributed by atoms with Crippen LogP contribution in [0.15, 0.2) is 29.4 Å². The molecule has 1 aromatic rings. The average molecular weight is 163 g/mol. The smallest absolute Gasteiger partial charge is 0.0867 e. The summed E-state index contributed by atoms with van der Waals surface area (Å²) >= 11 is 0. The lowest BCUT2D eigenvalue weighted by molar-refractivity contribution is 0.318. The van der Waals surface area contributed by atoms with Crippen LogP contribution in [0.5, 0.6) is 0 Å². The molecule has 0 heterocycles. The molecule has 0 bridgehead atoms. The third kappa shape index (κ3) is 1.64. The van der Waals surface area contributed by atoms with Gasteiger partial charge in [-0.15, -0.1) is 0 Å². The molecule has 0 aliphatic rings. The molecule has 0 aliphatic heterocycles. The molecule has 0 aliphatic carbocycles. The van der Waals surface area contributed by atoms with E-state index in [1.54, 1.807) is 0 Å².